The second-order valence-corrected chi connectivity index (χ2v) is 7.35. The third kappa shape index (κ3) is 6.58. The SMILES string of the molecule is CC1(C)CC(N=C=O)CC(C)(CNC(=O)OCCCCO)C1. The van der Waals surface area contributed by atoms with E-state index >= 15 is 0 Å². The van der Waals surface area contributed by atoms with E-state index in [4.69, 9.17) is 9.84 Å². The van der Waals surface area contributed by atoms with Crippen molar-refractivity contribution in [3.05, 3.63) is 0 Å². The van der Waals surface area contributed by atoms with Crippen LogP contribution in [0, 0.1) is 10.8 Å². The molecule has 0 bridgehead atoms. The zero-order valence-corrected chi connectivity index (χ0v) is 13.9. The Labute approximate surface area is 132 Å². The highest BCUT2D eigenvalue weighted by molar-refractivity contribution is 5.67. The highest BCUT2D eigenvalue weighted by atomic mass is 16.5. The molecular formula is C16H28N2O4. The number of hydrogen-bond donors (Lipinski definition) is 2. The maximum atomic E-state index is 11.7. The maximum absolute atomic E-state index is 11.7. The molecule has 1 saturated carbocycles. The van der Waals surface area contributed by atoms with Gasteiger partial charge in [0.15, 0.2) is 0 Å². The zero-order valence-electron chi connectivity index (χ0n) is 13.9. The Kier molecular flexibility index (Phi) is 7.04. The van der Waals surface area contributed by atoms with E-state index in [0.29, 0.717) is 26.0 Å². The van der Waals surface area contributed by atoms with E-state index in [-0.39, 0.29) is 23.5 Å². The molecule has 6 nitrogen and oxygen atoms in total. The minimum atomic E-state index is -0.432. The lowest BCUT2D eigenvalue weighted by Crippen LogP contribution is -2.44. The third-order valence-electron chi connectivity index (χ3n) is 4.10. The fraction of sp³-hybridized carbons (Fsp3) is 0.875. The predicted molar refractivity (Wildman–Crippen MR) is 83.3 cm³/mol. The van der Waals surface area contributed by atoms with Crippen molar-refractivity contribution in [1.82, 2.24) is 5.32 Å². The van der Waals surface area contributed by atoms with E-state index in [2.05, 4.69) is 31.1 Å². The molecule has 126 valence electrons. The average molecular weight is 312 g/mol. The number of isocyanates is 1. The molecule has 0 radical (unpaired) electrons. The number of carbonyl (C=O) groups excluding carboxylic acids is 2. The monoisotopic (exact) mass is 312 g/mol. The first-order valence-corrected chi connectivity index (χ1v) is 7.89. The summed E-state index contributed by atoms with van der Waals surface area (Å²) in [6, 6.07) is -0.0337. The van der Waals surface area contributed by atoms with Crippen molar-refractivity contribution in [1.29, 1.82) is 0 Å². The summed E-state index contributed by atoms with van der Waals surface area (Å²) in [6.07, 6.45) is 5.09. The van der Waals surface area contributed by atoms with Crippen molar-refractivity contribution in [2.45, 2.75) is 58.9 Å². The van der Waals surface area contributed by atoms with Gasteiger partial charge in [0.1, 0.15) is 0 Å². The second-order valence-electron chi connectivity index (χ2n) is 7.35. The minimum Gasteiger partial charge on any atom is -0.450 e. The van der Waals surface area contributed by atoms with Gasteiger partial charge in [0.25, 0.3) is 0 Å². The number of unbranched alkanes of at least 4 members (excludes halogenated alkanes) is 1. The van der Waals surface area contributed by atoms with Crippen molar-refractivity contribution in [2.75, 3.05) is 19.8 Å². The summed E-state index contributed by atoms with van der Waals surface area (Å²) in [6.45, 7) is 7.34. The van der Waals surface area contributed by atoms with Gasteiger partial charge in [-0.2, -0.15) is 0 Å². The van der Waals surface area contributed by atoms with Gasteiger partial charge in [0.05, 0.1) is 12.6 Å². The number of ether oxygens (including phenoxy) is 1. The molecule has 2 N–H and O–H groups in total. The second kappa shape index (κ2) is 8.30. The first-order valence-electron chi connectivity index (χ1n) is 7.89. The Bertz CT molecular complexity index is 418. The number of hydrogen-bond acceptors (Lipinski definition) is 5. The van der Waals surface area contributed by atoms with Crippen molar-refractivity contribution < 1.29 is 19.4 Å². The van der Waals surface area contributed by atoms with Crippen LogP contribution >= 0.6 is 0 Å². The highest BCUT2D eigenvalue weighted by Crippen LogP contribution is 2.46. The number of aliphatic hydroxyl groups excluding tert-OH is 1. The van der Waals surface area contributed by atoms with Gasteiger partial charge in [0, 0.05) is 13.2 Å². The fourth-order valence-electron chi connectivity index (χ4n) is 3.59. The molecule has 1 amide bonds. The van der Waals surface area contributed by atoms with Crippen molar-refractivity contribution in [3.8, 4) is 0 Å². The van der Waals surface area contributed by atoms with Gasteiger partial charge in [-0.15, -0.1) is 0 Å². The van der Waals surface area contributed by atoms with E-state index in [9.17, 15) is 9.59 Å². The Balaban J connectivity index is 2.47. The van der Waals surface area contributed by atoms with Crippen LogP contribution in [0.15, 0.2) is 4.99 Å². The number of aliphatic imine (C=N–C) groups is 1. The first-order chi connectivity index (χ1) is 10.3. The molecule has 2 unspecified atom stereocenters. The molecule has 0 spiro atoms. The van der Waals surface area contributed by atoms with Crippen LogP contribution in [-0.2, 0) is 9.53 Å². The smallest absolute Gasteiger partial charge is 0.407 e. The number of nitrogens with one attached hydrogen (secondary N) is 1. The van der Waals surface area contributed by atoms with Gasteiger partial charge in [-0.1, -0.05) is 20.8 Å². The molecule has 1 aliphatic carbocycles. The molecule has 1 aliphatic rings. The Morgan fingerprint density at radius 2 is 2.09 bits per heavy atom. The van der Waals surface area contributed by atoms with Gasteiger partial charge in [-0.05, 0) is 42.9 Å². The average Bonchev–Trinajstić information content (AvgIpc) is 2.40. The number of carbonyl (C=O) groups is 1. The molecular weight excluding hydrogens is 284 g/mol. The Morgan fingerprint density at radius 3 is 2.73 bits per heavy atom. The molecule has 0 aliphatic heterocycles. The Morgan fingerprint density at radius 1 is 1.36 bits per heavy atom. The number of rotatable bonds is 7. The zero-order chi connectivity index (χ0) is 16.6. The standard InChI is InChI=1S/C16H28N2O4/c1-15(2)8-13(18-12-20)9-16(3,10-15)11-17-14(21)22-7-5-4-6-19/h13,19H,4-11H2,1-3H3,(H,17,21). The topological polar surface area (TPSA) is 88.0 Å². The minimum absolute atomic E-state index is 0.0337. The van der Waals surface area contributed by atoms with Crippen LogP contribution in [-0.4, -0.2) is 43.1 Å². The first kappa shape index (κ1) is 18.7. The number of amides is 1. The van der Waals surface area contributed by atoms with E-state index in [1.807, 2.05) is 0 Å². The van der Waals surface area contributed by atoms with Crippen LogP contribution in [0.2, 0.25) is 0 Å². The molecule has 6 heteroatoms. The number of aliphatic hydroxyl groups is 1. The Hall–Kier alpha value is -1.39. The molecule has 0 aromatic carbocycles. The predicted octanol–water partition coefficient (Wildman–Crippen LogP) is 2.41. The van der Waals surface area contributed by atoms with E-state index in [0.717, 1.165) is 19.3 Å². The molecule has 0 saturated heterocycles. The van der Waals surface area contributed by atoms with Gasteiger partial charge in [-0.25, -0.2) is 14.6 Å². The van der Waals surface area contributed by atoms with E-state index in [1.165, 1.54) is 0 Å². The molecule has 22 heavy (non-hydrogen) atoms. The van der Waals surface area contributed by atoms with Gasteiger partial charge in [-0.3, -0.25) is 0 Å². The third-order valence-corrected chi connectivity index (χ3v) is 4.10. The van der Waals surface area contributed by atoms with Gasteiger partial charge >= 0.3 is 6.09 Å². The number of nitrogens with zero attached hydrogens (tertiary/aromatic N) is 1. The van der Waals surface area contributed by atoms with E-state index in [1.54, 1.807) is 6.08 Å². The van der Waals surface area contributed by atoms with Crippen LogP contribution in [0.3, 0.4) is 0 Å². The van der Waals surface area contributed by atoms with E-state index < -0.39 is 6.09 Å². The van der Waals surface area contributed by atoms with Crippen molar-refractivity contribution in [2.24, 2.45) is 15.8 Å². The largest absolute Gasteiger partial charge is 0.450 e. The summed E-state index contributed by atoms with van der Waals surface area (Å²) in [5.41, 5.74) is -0.0401. The molecule has 0 heterocycles. The summed E-state index contributed by atoms with van der Waals surface area (Å²) in [7, 11) is 0. The molecule has 2 atom stereocenters. The van der Waals surface area contributed by atoms with Crippen molar-refractivity contribution in [3.63, 3.8) is 0 Å². The lowest BCUT2D eigenvalue weighted by molar-refractivity contribution is 0.0780. The molecule has 0 aromatic rings. The summed E-state index contributed by atoms with van der Waals surface area (Å²) in [5.74, 6) is 0. The van der Waals surface area contributed by atoms with Crippen molar-refractivity contribution >= 4 is 12.2 Å². The molecule has 1 fully saturated rings. The van der Waals surface area contributed by atoms with Gasteiger partial charge < -0.3 is 15.2 Å². The highest BCUT2D eigenvalue weighted by Gasteiger charge is 2.41. The van der Waals surface area contributed by atoms with Crippen LogP contribution in [0.25, 0.3) is 0 Å². The molecule has 0 aromatic heterocycles. The van der Waals surface area contributed by atoms with Crippen LogP contribution < -0.4 is 5.32 Å². The quantitative estimate of drug-likeness (QED) is 0.429. The fourth-order valence-corrected chi connectivity index (χ4v) is 3.59. The molecule has 1 rings (SSSR count). The van der Waals surface area contributed by atoms with Crippen LogP contribution in [0.1, 0.15) is 52.9 Å². The van der Waals surface area contributed by atoms with Crippen LogP contribution in [0.4, 0.5) is 4.79 Å². The van der Waals surface area contributed by atoms with Crippen LogP contribution in [0.5, 0.6) is 0 Å². The summed E-state index contributed by atoms with van der Waals surface area (Å²) in [4.78, 5) is 26.1. The normalized spacial score (nSPS) is 26.8. The maximum Gasteiger partial charge on any atom is 0.407 e. The lowest BCUT2D eigenvalue weighted by atomic mass is 9.63. The lowest BCUT2D eigenvalue weighted by Gasteiger charge is -2.45. The number of alkyl carbamates (subject to hydrolysis) is 1. The summed E-state index contributed by atoms with van der Waals surface area (Å²) in [5, 5.41) is 11.5. The summed E-state index contributed by atoms with van der Waals surface area (Å²) >= 11 is 0. The summed E-state index contributed by atoms with van der Waals surface area (Å²) < 4.78 is 5.06. The van der Waals surface area contributed by atoms with Gasteiger partial charge in [0.2, 0.25) is 6.08 Å².